The second-order valence-electron chi connectivity index (χ2n) is 9.69. The first-order valence-corrected chi connectivity index (χ1v) is 13.5. The average Bonchev–Trinajstić information content (AvgIpc) is 3.63. The van der Waals surface area contributed by atoms with E-state index in [0.29, 0.717) is 30.5 Å². The molecule has 2 aromatic carbocycles. The Labute approximate surface area is 240 Å². The zero-order chi connectivity index (χ0) is 28.7. The fraction of sp³-hybridized carbons (Fsp3) is 0.321. The Hall–Kier alpha value is -3.89. The van der Waals surface area contributed by atoms with Gasteiger partial charge in [-0.05, 0) is 49.1 Å². The van der Waals surface area contributed by atoms with Gasteiger partial charge in [0.15, 0.2) is 0 Å². The minimum Gasteiger partial charge on any atom is -0.480 e. The minimum absolute atomic E-state index is 0.0456. The number of carbonyl (C=O) groups excluding carboxylic acids is 3. The number of halogens is 2. The predicted octanol–water partition coefficient (Wildman–Crippen LogP) is 4.73. The van der Waals surface area contributed by atoms with E-state index in [1.54, 1.807) is 42.5 Å². The van der Waals surface area contributed by atoms with Crippen LogP contribution in [0.1, 0.15) is 58.6 Å². The Kier molecular flexibility index (Phi) is 9.44. The number of carboxylic acids is 1. The second kappa shape index (κ2) is 13.0. The largest absolute Gasteiger partial charge is 0.480 e. The second-order valence-corrected chi connectivity index (χ2v) is 10.5. The maximum Gasteiger partial charge on any atom is 0.326 e. The first kappa shape index (κ1) is 29.1. The Morgan fingerprint density at radius 1 is 0.975 bits per heavy atom. The molecule has 4 N–H and O–H groups in total. The number of nitrogens with zero attached hydrogens (tertiary/aromatic N) is 1. The van der Waals surface area contributed by atoms with Gasteiger partial charge in [0, 0.05) is 24.7 Å². The summed E-state index contributed by atoms with van der Waals surface area (Å²) in [7, 11) is 0. The maximum absolute atomic E-state index is 13.4. The van der Waals surface area contributed by atoms with Crippen LogP contribution in [0.25, 0.3) is 0 Å². The lowest BCUT2D eigenvalue weighted by Gasteiger charge is -2.29. The van der Waals surface area contributed by atoms with E-state index in [-0.39, 0.29) is 40.2 Å². The zero-order valence-corrected chi connectivity index (χ0v) is 22.9. The van der Waals surface area contributed by atoms with Gasteiger partial charge in [0.1, 0.15) is 6.04 Å². The molecule has 1 aromatic heterocycles. The molecule has 0 aliphatic heterocycles. The van der Waals surface area contributed by atoms with Crippen LogP contribution in [0, 0.1) is 5.41 Å². The van der Waals surface area contributed by atoms with Crippen LogP contribution in [-0.4, -0.2) is 46.5 Å². The fourth-order valence-corrected chi connectivity index (χ4v) is 5.43. The van der Waals surface area contributed by atoms with Crippen LogP contribution in [0.15, 0.2) is 59.3 Å². The van der Waals surface area contributed by atoms with E-state index in [1.807, 2.05) is 0 Å². The first-order chi connectivity index (χ1) is 19.2. The fourth-order valence-electron chi connectivity index (χ4n) is 4.86. The van der Waals surface area contributed by atoms with E-state index in [1.165, 1.54) is 12.3 Å². The highest BCUT2D eigenvalue weighted by atomic mass is 35.5. The van der Waals surface area contributed by atoms with E-state index in [2.05, 4.69) is 21.1 Å². The highest BCUT2D eigenvalue weighted by Gasteiger charge is 2.42. The third-order valence-corrected chi connectivity index (χ3v) is 7.67. The number of hydrogen-bond acceptors (Lipinski definition) is 6. The van der Waals surface area contributed by atoms with Crippen molar-refractivity contribution in [1.29, 1.82) is 0 Å². The molecule has 0 bridgehead atoms. The summed E-state index contributed by atoms with van der Waals surface area (Å²) in [5.41, 5.74) is 0.511. The summed E-state index contributed by atoms with van der Waals surface area (Å²) in [5.74, 6) is -2.33. The molecule has 1 aliphatic carbocycles. The molecule has 1 atom stereocenters. The molecule has 10 nitrogen and oxygen atoms in total. The van der Waals surface area contributed by atoms with Crippen LogP contribution in [-0.2, 0) is 16.0 Å². The molecule has 210 valence electrons. The lowest BCUT2D eigenvalue weighted by molar-refractivity contribution is -0.144. The molecule has 40 heavy (non-hydrogen) atoms. The quantitative estimate of drug-likeness (QED) is 0.253. The van der Waals surface area contributed by atoms with Crippen molar-refractivity contribution in [3.05, 3.63) is 81.7 Å². The molecule has 12 heteroatoms. The number of aliphatic carboxylic acids is 1. The van der Waals surface area contributed by atoms with Crippen molar-refractivity contribution < 1.29 is 28.8 Å². The number of benzene rings is 2. The summed E-state index contributed by atoms with van der Waals surface area (Å²) in [4.78, 5) is 50.2. The Balaban J connectivity index is 1.36. The number of anilines is 1. The molecular weight excluding hydrogens is 559 g/mol. The summed E-state index contributed by atoms with van der Waals surface area (Å²) < 4.78 is 4.84. The SMILES string of the molecule is O=C(NCCC1(C(=O)N[C@@H](Cc2ccc(NC(=O)c3c(Cl)cccc3Cl)cc2)C(=O)O)CCCC1)c1ccno1. The van der Waals surface area contributed by atoms with E-state index >= 15 is 0 Å². The van der Waals surface area contributed by atoms with Crippen LogP contribution in [0.2, 0.25) is 10.0 Å². The molecule has 3 amide bonds. The molecule has 0 radical (unpaired) electrons. The smallest absolute Gasteiger partial charge is 0.326 e. The summed E-state index contributed by atoms with van der Waals surface area (Å²) in [6.45, 7) is 0.233. The number of hydrogen-bond donors (Lipinski definition) is 4. The first-order valence-electron chi connectivity index (χ1n) is 12.8. The van der Waals surface area contributed by atoms with Gasteiger partial charge in [-0.2, -0.15) is 0 Å². The van der Waals surface area contributed by atoms with Gasteiger partial charge in [-0.25, -0.2) is 4.79 Å². The number of carboxylic acid groups (broad SMARTS) is 1. The van der Waals surface area contributed by atoms with Gasteiger partial charge in [-0.15, -0.1) is 0 Å². The molecule has 1 aliphatic rings. The third kappa shape index (κ3) is 7.00. The van der Waals surface area contributed by atoms with Gasteiger partial charge in [0.25, 0.3) is 11.8 Å². The van der Waals surface area contributed by atoms with Gasteiger partial charge < -0.3 is 25.6 Å². The lowest BCUT2D eigenvalue weighted by Crippen LogP contribution is -2.49. The van der Waals surface area contributed by atoms with Gasteiger partial charge in [-0.1, -0.05) is 59.4 Å². The molecule has 1 saturated carbocycles. The molecular formula is C28H28Cl2N4O6. The highest BCUT2D eigenvalue weighted by Crippen LogP contribution is 2.41. The van der Waals surface area contributed by atoms with E-state index < -0.39 is 29.2 Å². The van der Waals surface area contributed by atoms with Crippen molar-refractivity contribution >= 4 is 52.6 Å². The monoisotopic (exact) mass is 586 g/mol. The molecule has 3 aromatic rings. The Morgan fingerprint density at radius 3 is 2.25 bits per heavy atom. The van der Waals surface area contributed by atoms with Crippen molar-refractivity contribution in [2.75, 3.05) is 11.9 Å². The molecule has 1 fully saturated rings. The number of nitrogens with one attached hydrogen (secondary N) is 3. The number of rotatable bonds is 11. The van der Waals surface area contributed by atoms with E-state index in [9.17, 15) is 24.3 Å². The van der Waals surface area contributed by atoms with E-state index in [4.69, 9.17) is 27.7 Å². The summed E-state index contributed by atoms with van der Waals surface area (Å²) in [6.07, 6.45) is 4.67. The van der Waals surface area contributed by atoms with Gasteiger partial charge in [-0.3, -0.25) is 14.4 Å². The standard InChI is InChI=1S/C28H28Cl2N4O6/c29-19-4-3-5-20(30)23(19)25(36)33-18-8-6-17(7-9-18)16-21(26(37)38)34-27(39)28(11-1-2-12-28)13-15-31-24(35)22-10-14-32-40-22/h3-10,14,21H,1-2,11-13,15-16H2,(H,31,35)(H,33,36)(H,34,39)(H,37,38)/t21-/m0/s1. The zero-order valence-electron chi connectivity index (χ0n) is 21.4. The van der Waals surface area contributed by atoms with Gasteiger partial charge >= 0.3 is 5.97 Å². The maximum atomic E-state index is 13.4. The van der Waals surface area contributed by atoms with Crippen LogP contribution in [0.4, 0.5) is 5.69 Å². The molecule has 4 rings (SSSR count). The Morgan fingerprint density at radius 2 is 1.65 bits per heavy atom. The van der Waals surface area contributed by atoms with Crippen molar-refractivity contribution in [1.82, 2.24) is 15.8 Å². The number of amides is 3. The molecule has 0 spiro atoms. The van der Waals surface area contributed by atoms with Gasteiger partial charge in [0.2, 0.25) is 11.7 Å². The normalized spacial score (nSPS) is 14.8. The minimum atomic E-state index is -1.16. The lowest BCUT2D eigenvalue weighted by atomic mass is 9.81. The predicted molar refractivity (Wildman–Crippen MR) is 148 cm³/mol. The third-order valence-electron chi connectivity index (χ3n) is 7.04. The average molecular weight is 587 g/mol. The molecule has 0 saturated heterocycles. The number of carbonyl (C=O) groups is 4. The van der Waals surface area contributed by atoms with Crippen LogP contribution < -0.4 is 16.0 Å². The summed E-state index contributed by atoms with van der Waals surface area (Å²) in [6, 6.07) is 11.7. The van der Waals surface area contributed by atoms with Crippen LogP contribution in [0.3, 0.4) is 0 Å². The van der Waals surface area contributed by atoms with Crippen LogP contribution >= 0.6 is 23.2 Å². The molecule has 1 heterocycles. The van der Waals surface area contributed by atoms with Crippen molar-refractivity contribution in [2.45, 2.75) is 44.6 Å². The summed E-state index contributed by atoms with van der Waals surface area (Å²) >= 11 is 12.2. The van der Waals surface area contributed by atoms with Gasteiger partial charge in [0.05, 0.1) is 27.2 Å². The van der Waals surface area contributed by atoms with Crippen molar-refractivity contribution in [3.8, 4) is 0 Å². The van der Waals surface area contributed by atoms with E-state index in [0.717, 1.165) is 12.8 Å². The summed E-state index contributed by atoms with van der Waals surface area (Å²) in [5, 5.41) is 22.0. The number of aromatic nitrogens is 1. The Bertz CT molecular complexity index is 1350. The highest BCUT2D eigenvalue weighted by molar-refractivity contribution is 6.40. The van der Waals surface area contributed by atoms with Crippen molar-refractivity contribution in [3.63, 3.8) is 0 Å². The topological polar surface area (TPSA) is 151 Å². The van der Waals surface area contributed by atoms with Crippen molar-refractivity contribution in [2.24, 2.45) is 5.41 Å². The van der Waals surface area contributed by atoms with Crippen LogP contribution in [0.5, 0.6) is 0 Å². The molecule has 0 unspecified atom stereocenters.